The maximum Gasteiger partial charge on any atom is 0.508 e. The fourth-order valence-corrected chi connectivity index (χ4v) is 9.54. The second-order valence-corrected chi connectivity index (χ2v) is 18.8. The van der Waals surface area contributed by atoms with E-state index in [0.29, 0.717) is 0 Å². The molecule has 1 aromatic carbocycles. The van der Waals surface area contributed by atoms with E-state index in [0.717, 1.165) is 21.0 Å². The van der Waals surface area contributed by atoms with Crippen molar-refractivity contribution in [2.75, 3.05) is 13.7 Å². The minimum atomic E-state index is -2.47. The molecule has 2 bridgehead atoms. The first-order valence-electron chi connectivity index (χ1n) is 19.6. The van der Waals surface area contributed by atoms with E-state index in [1.54, 1.807) is 39.0 Å². The van der Waals surface area contributed by atoms with Crippen LogP contribution < -0.4 is 5.32 Å². The monoisotopic (exact) mass is 847 g/mol. The van der Waals surface area contributed by atoms with Crippen LogP contribution in [0.25, 0.3) is 0 Å². The summed E-state index contributed by atoms with van der Waals surface area (Å²) in [7, 11) is 1.05. The number of benzene rings is 1. The Kier molecular flexibility index (Phi) is 11.9. The molecule has 2 unspecified atom stereocenters. The van der Waals surface area contributed by atoms with Gasteiger partial charge in [-0.2, -0.15) is 0 Å². The van der Waals surface area contributed by atoms with E-state index in [-0.39, 0.29) is 23.1 Å². The van der Waals surface area contributed by atoms with Gasteiger partial charge in [0.15, 0.2) is 17.5 Å². The third kappa shape index (κ3) is 7.33. The summed E-state index contributed by atoms with van der Waals surface area (Å²) in [5.41, 5.74) is -13.4. The molecular formula is C42H57NO17. The van der Waals surface area contributed by atoms with Gasteiger partial charge in [0, 0.05) is 18.3 Å². The SMILES string of the molecule is COC(=O)O[C@@]12CO[C@@H]1CC(O)[C@@]1(C)C(=O)[C@H](O)C3=C(C)[C@](C)(OC(=O)[C@H](O)[C@@H](NC(=O)OC(C)(C)C(=O)O)C(C)(C)C)C[C@@](O)([C@@H](OC(=O)c4ccccc4)C12)C3(C)C. The molecule has 1 aliphatic heterocycles. The van der Waals surface area contributed by atoms with Crippen LogP contribution in [0.1, 0.15) is 92.4 Å². The maximum atomic E-state index is 15.0. The predicted octanol–water partition coefficient (Wildman–Crippen LogP) is 2.61. The Morgan fingerprint density at radius 3 is 2.08 bits per heavy atom. The van der Waals surface area contributed by atoms with E-state index in [4.69, 9.17) is 28.4 Å². The lowest BCUT2D eigenvalue weighted by atomic mass is 9.44. The second kappa shape index (κ2) is 15.4. The van der Waals surface area contributed by atoms with Gasteiger partial charge in [0.2, 0.25) is 5.60 Å². The van der Waals surface area contributed by atoms with Gasteiger partial charge in [-0.05, 0) is 63.3 Å². The molecule has 11 atom stereocenters. The first-order chi connectivity index (χ1) is 27.5. The highest BCUT2D eigenvalue weighted by Gasteiger charge is 2.79. The number of aliphatic carboxylic acids is 1. The highest BCUT2D eigenvalue weighted by atomic mass is 16.8. The van der Waals surface area contributed by atoms with Gasteiger partial charge < -0.3 is 59.3 Å². The topological polar surface area (TPSA) is 271 Å². The van der Waals surface area contributed by atoms with E-state index in [1.807, 2.05) is 0 Å². The highest BCUT2D eigenvalue weighted by Crippen LogP contribution is 2.65. The zero-order valence-electron chi connectivity index (χ0n) is 35.7. The predicted molar refractivity (Wildman–Crippen MR) is 206 cm³/mol. The molecule has 18 heteroatoms. The molecule has 1 aromatic rings. The van der Waals surface area contributed by atoms with Crippen LogP contribution in [0.2, 0.25) is 0 Å². The fourth-order valence-electron chi connectivity index (χ4n) is 9.54. The van der Waals surface area contributed by atoms with Crippen molar-refractivity contribution >= 4 is 35.9 Å². The number of aliphatic hydroxyl groups is 4. The van der Waals surface area contributed by atoms with Gasteiger partial charge >= 0.3 is 30.2 Å². The summed E-state index contributed by atoms with van der Waals surface area (Å²) in [4.78, 5) is 81.0. The van der Waals surface area contributed by atoms with Crippen LogP contribution in [0.5, 0.6) is 0 Å². The smallest absolute Gasteiger partial charge is 0.478 e. The summed E-state index contributed by atoms with van der Waals surface area (Å²) in [5, 5.41) is 61.1. The van der Waals surface area contributed by atoms with Crippen molar-refractivity contribution in [2.24, 2.45) is 22.2 Å². The number of esters is 2. The largest absolute Gasteiger partial charge is 0.508 e. The Labute approximate surface area is 347 Å². The summed E-state index contributed by atoms with van der Waals surface area (Å²) in [5.74, 6) is -6.42. The Morgan fingerprint density at radius 1 is 0.967 bits per heavy atom. The molecule has 0 aromatic heterocycles. The number of methoxy groups -OCH3 is 1. The number of alkyl carbamates (subject to hydrolysis) is 1. The number of fused-ring (bicyclic) bond motifs is 5. The van der Waals surface area contributed by atoms with Gasteiger partial charge in [-0.15, -0.1) is 0 Å². The van der Waals surface area contributed by atoms with Gasteiger partial charge in [-0.25, -0.2) is 24.0 Å². The minimum absolute atomic E-state index is 0.0285. The number of carboxylic acids is 1. The molecule has 1 saturated heterocycles. The van der Waals surface area contributed by atoms with Crippen LogP contribution in [-0.2, 0) is 42.8 Å². The van der Waals surface area contributed by atoms with Gasteiger partial charge in [-0.1, -0.05) is 52.8 Å². The molecule has 5 rings (SSSR count). The van der Waals surface area contributed by atoms with Gasteiger partial charge in [0.05, 0.1) is 42.8 Å². The molecule has 3 aliphatic carbocycles. The van der Waals surface area contributed by atoms with E-state index < -0.39 is 130 Å². The average molecular weight is 848 g/mol. The first-order valence-corrected chi connectivity index (χ1v) is 19.6. The van der Waals surface area contributed by atoms with Crippen molar-refractivity contribution in [1.29, 1.82) is 0 Å². The number of carbonyl (C=O) groups is 6. The number of carboxylic acid groups (broad SMARTS) is 1. The Balaban J connectivity index is 1.69. The van der Waals surface area contributed by atoms with E-state index in [2.05, 4.69) is 5.32 Å². The number of hydrogen-bond donors (Lipinski definition) is 6. The van der Waals surface area contributed by atoms with Crippen molar-refractivity contribution < 1.29 is 82.7 Å². The number of ketones is 1. The van der Waals surface area contributed by atoms with Crippen molar-refractivity contribution in [3.05, 3.63) is 47.0 Å². The molecule has 1 amide bonds. The molecular weight excluding hydrogens is 790 g/mol. The van der Waals surface area contributed by atoms with Crippen molar-refractivity contribution in [2.45, 2.75) is 141 Å². The third-order valence-corrected chi connectivity index (χ3v) is 13.4. The number of Topliss-reactive ketones (excluding diaryl/α,β-unsaturated/α-hetero) is 1. The normalized spacial score (nSPS) is 34.5. The summed E-state index contributed by atoms with van der Waals surface area (Å²) in [6, 6.07) is 6.22. The van der Waals surface area contributed by atoms with Gasteiger partial charge in [0.1, 0.15) is 29.5 Å². The number of rotatable bonds is 9. The number of aliphatic hydroxyl groups excluding tert-OH is 3. The van der Waals surface area contributed by atoms with E-state index in [9.17, 15) is 49.5 Å². The lowest BCUT2D eigenvalue weighted by Gasteiger charge is -2.67. The Bertz CT molecular complexity index is 1960. The zero-order chi connectivity index (χ0) is 45.3. The van der Waals surface area contributed by atoms with Crippen LogP contribution in [0, 0.1) is 22.2 Å². The number of hydrogen-bond acceptors (Lipinski definition) is 16. The molecule has 18 nitrogen and oxygen atoms in total. The second-order valence-electron chi connectivity index (χ2n) is 18.8. The number of ether oxygens (including phenoxy) is 6. The van der Waals surface area contributed by atoms with Crippen molar-refractivity contribution in [3.8, 4) is 0 Å². The zero-order valence-corrected chi connectivity index (χ0v) is 35.7. The Morgan fingerprint density at radius 2 is 1.57 bits per heavy atom. The van der Waals surface area contributed by atoms with Crippen molar-refractivity contribution in [3.63, 3.8) is 0 Å². The van der Waals surface area contributed by atoms with Gasteiger partial charge in [-0.3, -0.25) is 4.79 Å². The van der Waals surface area contributed by atoms with Crippen LogP contribution in [0.15, 0.2) is 41.5 Å². The van der Waals surface area contributed by atoms with Crippen LogP contribution >= 0.6 is 0 Å². The molecule has 4 aliphatic rings. The van der Waals surface area contributed by atoms with E-state index in [1.165, 1.54) is 46.8 Å². The summed E-state index contributed by atoms with van der Waals surface area (Å²) >= 11 is 0. The summed E-state index contributed by atoms with van der Waals surface area (Å²) in [6.07, 6.45) is -12.3. The third-order valence-electron chi connectivity index (χ3n) is 13.4. The first kappa shape index (κ1) is 46.4. The number of amides is 1. The van der Waals surface area contributed by atoms with Crippen LogP contribution in [0.4, 0.5) is 9.59 Å². The lowest BCUT2D eigenvalue weighted by Crippen LogP contribution is -2.82. The molecule has 332 valence electrons. The minimum Gasteiger partial charge on any atom is -0.478 e. The number of nitrogens with one attached hydrogen (secondary N) is 1. The molecule has 0 radical (unpaired) electrons. The van der Waals surface area contributed by atoms with E-state index >= 15 is 4.79 Å². The molecule has 1 heterocycles. The quantitative estimate of drug-likeness (QED) is 0.118. The molecule has 60 heavy (non-hydrogen) atoms. The van der Waals surface area contributed by atoms with Crippen LogP contribution in [-0.4, -0.2) is 134 Å². The lowest BCUT2D eigenvalue weighted by molar-refractivity contribution is -0.345. The highest BCUT2D eigenvalue weighted by molar-refractivity contribution is 5.94. The summed E-state index contributed by atoms with van der Waals surface area (Å²) in [6.45, 7) is 13.7. The standard InChI is InChI=1S/C42H57NO17/c1-20-24-25(45)29(47)40(10)22(44)17-23-41(19-56-23,60-35(53)55-11)27(40)30(57-31(48)21-15-13-12-14-16-21)42(54,37(24,5)6)18-39(20,9)58-32(49)26(46)28(36(2,3)4)43-34(52)59-38(7,8)33(50)51/h12-16,22-23,25-28,30,44-46,54H,17-19H2,1-11H3,(H,43,52)(H,50,51)/t22?,23-,25-,26-,27?,28-,30+,39-,40-,41+,42-/m1/s1. The fraction of sp³-hybridized carbons (Fsp3) is 0.667. The van der Waals surface area contributed by atoms with Crippen LogP contribution in [0.3, 0.4) is 0 Å². The molecule has 2 saturated carbocycles. The maximum absolute atomic E-state index is 15.0. The number of carbonyl (C=O) groups excluding carboxylic acids is 5. The molecule has 3 fully saturated rings. The average Bonchev–Trinajstić information content (AvgIpc) is 3.14. The Hall–Kier alpha value is -4.62. The summed E-state index contributed by atoms with van der Waals surface area (Å²) < 4.78 is 34.0. The molecule has 0 spiro atoms. The van der Waals surface area contributed by atoms with Gasteiger partial charge in [0.25, 0.3) is 0 Å². The molecule has 6 N–H and O–H groups in total. The van der Waals surface area contributed by atoms with Crippen molar-refractivity contribution in [1.82, 2.24) is 5.32 Å².